The number of aryl methyl sites for hydroxylation is 1. The first-order chi connectivity index (χ1) is 5.09. The first kappa shape index (κ1) is 8.11. The zero-order valence-corrected chi connectivity index (χ0v) is 6.93. The molecule has 0 radical (unpaired) electrons. The molecule has 0 unspecified atom stereocenters. The van der Waals surface area contributed by atoms with Crippen LogP contribution in [-0.4, -0.2) is 9.97 Å². The Hall–Kier alpha value is -0.990. The van der Waals surface area contributed by atoms with E-state index in [1.165, 1.54) is 6.07 Å². The fraction of sp³-hybridized carbons (Fsp3) is 0.500. The second-order valence-corrected chi connectivity index (χ2v) is 2.82. The van der Waals surface area contributed by atoms with Crippen LogP contribution in [0.1, 0.15) is 31.3 Å². The van der Waals surface area contributed by atoms with Crippen molar-refractivity contribution in [2.75, 3.05) is 0 Å². The third kappa shape index (κ3) is 1.97. The molecule has 0 saturated heterocycles. The van der Waals surface area contributed by atoms with Gasteiger partial charge in [0.1, 0.15) is 5.82 Å². The van der Waals surface area contributed by atoms with Gasteiger partial charge in [0, 0.05) is 11.8 Å². The number of halogens is 1. The maximum absolute atomic E-state index is 12.6. The van der Waals surface area contributed by atoms with Crippen LogP contribution in [0.4, 0.5) is 4.39 Å². The first-order valence-corrected chi connectivity index (χ1v) is 3.60. The molecule has 0 aliphatic carbocycles. The molecule has 0 fully saturated rings. The second kappa shape index (κ2) is 2.95. The second-order valence-electron chi connectivity index (χ2n) is 2.82. The van der Waals surface area contributed by atoms with Crippen molar-refractivity contribution in [3.05, 3.63) is 23.5 Å². The Morgan fingerprint density at radius 3 is 2.45 bits per heavy atom. The lowest BCUT2D eigenvalue weighted by Gasteiger charge is -2.03. The van der Waals surface area contributed by atoms with Gasteiger partial charge in [0.2, 0.25) is 5.95 Å². The Kier molecular flexibility index (Phi) is 2.17. The molecule has 0 amide bonds. The molecule has 11 heavy (non-hydrogen) atoms. The highest BCUT2D eigenvalue weighted by Gasteiger charge is 2.03. The van der Waals surface area contributed by atoms with Gasteiger partial charge in [-0.25, -0.2) is 9.97 Å². The maximum atomic E-state index is 12.6. The van der Waals surface area contributed by atoms with Crippen LogP contribution in [0.15, 0.2) is 6.07 Å². The minimum Gasteiger partial charge on any atom is -0.238 e. The van der Waals surface area contributed by atoms with Crippen molar-refractivity contribution in [3.8, 4) is 0 Å². The van der Waals surface area contributed by atoms with Gasteiger partial charge in [-0.05, 0) is 12.8 Å². The molecule has 0 atom stereocenters. The first-order valence-electron chi connectivity index (χ1n) is 3.60. The molecule has 2 nitrogen and oxygen atoms in total. The Labute approximate surface area is 65.5 Å². The summed E-state index contributed by atoms with van der Waals surface area (Å²) in [5.41, 5.74) is 0.759. The van der Waals surface area contributed by atoms with E-state index in [0.29, 0.717) is 5.82 Å². The Balaban J connectivity index is 3.08. The van der Waals surface area contributed by atoms with Crippen LogP contribution in [-0.2, 0) is 0 Å². The highest BCUT2D eigenvalue weighted by atomic mass is 19.1. The molecular formula is C8H11FN2. The van der Waals surface area contributed by atoms with E-state index in [4.69, 9.17) is 0 Å². The maximum Gasteiger partial charge on any atom is 0.216 e. The monoisotopic (exact) mass is 154 g/mol. The van der Waals surface area contributed by atoms with Crippen LogP contribution in [0, 0.1) is 12.9 Å². The summed E-state index contributed by atoms with van der Waals surface area (Å²) in [6, 6.07) is 1.37. The van der Waals surface area contributed by atoms with Crippen molar-refractivity contribution in [2.24, 2.45) is 0 Å². The fourth-order valence-corrected chi connectivity index (χ4v) is 0.849. The molecule has 1 heterocycles. The lowest BCUT2D eigenvalue weighted by atomic mass is 10.1. The van der Waals surface area contributed by atoms with Gasteiger partial charge >= 0.3 is 0 Å². The predicted octanol–water partition coefficient (Wildman–Crippen LogP) is 2.05. The van der Waals surface area contributed by atoms with Crippen molar-refractivity contribution >= 4 is 0 Å². The summed E-state index contributed by atoms with van der Waals surface area (Å²) in [6.07, 6.45) is 0. The van der Waals surface area contributed by atoms with Crippen LogP contribution in [0.5, 0.6) is 0 Å². The Morgan fingerprint density at radius 2 is 2.00 bits per heavy atom. The number of rotatable bonds is 1. The number of nitrogens with zero attached hydrogens (tertiary/aromatic N) is 2. The summed E-state index contributed by atoms with van der Waals surface area (Å²) in [5, 5.41) is 0. The van der Waals surface area contributed by atoms with Crippen molar-refractivity contribution in [2.45, 2.75) is 26.7 Å². The zero-order valence-electron chi connectivity index (χ0n) is 6.93. The topological polar surface area (TPSA) is 25.8 Å². The molecule has 60 valence electrons. The van der Waals surface area contributed by atoms with Gasteiger partial charge in [0.25, 0.3) is 0 Å². The Morgan fingerprint density at radius 1 is 1.36 bits per heavy atom. The van der Waals surface area contributed by atoms with E-state index < -0.39 is 5.95 Å². The minimum atomic E-state index is -0.443. The van der Waals surface area contributed by atoms with Gasteiger partial charge in [-0.2, -0.15) is 4.39 Å². The van der Waals surface area contributed by atoms with Crippen LogP contribution in [0.25, 0.3) is 0 Å². The van der Waals surface area contributed by atoms with Crippen molar-refractivity contribution in [3.63, 3.8) is 0 Å². The molecule has 0 aliphatic heterocycles. The fourth-order valence-electron chi connectivity index (χ4n) is 0.849. The highest BCUT2D eigenvalue weighted by molar-refractivity contribution is 5.06. The number of aromatic nitrogens is 2. The van der Waals surface area contributed by atoms with Gasteiger partial charge in [0.05, 0.1) is 0 Å². The van der Waals surface area contributed by atoms with E-state index in [0.717, 1.165) is 5.69 Å². The average Bonchev–Trinajstić information content (AvgIpc) is 1.85. The molecular weight excluding hydrogens is 143 g/mol. The third-order valence-corrected chi connectivity index (χ3v) is 1.42. The van der Waals surface area contributed by atoms with Gasteiger partial charge in [-0.1, -0.05) is 13.8 Å². The minimum absolute atomic E-state index is 0.256. The molecule has 3 heteroatoms. The van der Waals surface area contributed by atoms with Crippen LogP contribution >= 0.6 is 0 Å². The molecule has 0 aliphatic rings. The molecule has 1 aromatic rings. The van der Waals surface area contributed by atoms with E-state index in [2.05, 4.69) is 9.97 Å². The SMILES string of the molecule is Cc1nc(F)cc(C(C)C)n1. The predicted molar refractivity (Wildman–Crippen MR) is 40.8 cm³/mol. The van der Waals surface area contributed by atoms with E-state index in [-0.39, 0.29) is 5.92 Å². The van der Waals surface area contributed by atoms with Crippen molar-refractivity contribution in [1.29, 1.82) is 0 Å². The summed E-state index contributed by atoms with van der Waals surface area (Å²) in [6.45, 7) is 5.64. The summed E-state index contributed by atoms with van der Waals surface area (Å²) in [5.74, 6) is 0.307. The standard InChI is InChI=1S/C8H11FN2/c1-5(2)7-4-8(9)11-6(3)10-7/h4-5H,1-3H3. The van der Waals surface area contributed by atoms with E-state index >= 15 is 0 Å². The van der Waals surface area contributed by atoms with Gasteiger partial charge in [0.15, 0.2) is 0 Å². The zero-order chi connectivity index (χ0) is 8.43. The molecule has 0 spiro atoms. The lowest BCUT2D eigenvalue weighted by molar-refractivity contribution is 0.566. The molecule has 0 saturated carbocycles. The van der Waals surface area contributed by atoms with Gasteiger partial charge < -0.3 is 0 Å². The van der Waals surface area contributed by atoms with Gasteiger partial charge in [-0.15, -0.1) is 0 Å². The third-order valence-electron chi connectivity index (χ3n) is 1.42. The normalized spacial score (nSPS) is 10.6. The quantitative estimate of drug-likeness (QED) is 0.578. The van der Waals surface area contributed by atoms with Crippen LogP contribution in [0.2, 0.25) is 0 Å². The van der Waals surface area contributed by atoms with E-state index in [1.54, 1.807) is 6.92 Å². The largest absolute Gasteiger partial charge is 0.238 e. The summed E-state index contributed by atoms with van der Waals surface area (Å²) in [7, 11) is 0. The lowest BCUT2D eigenvalue weighted by Crippen LogP contribution is -1.99. The van der Waals surface area contributed by atoms with Crippen LogP contribution in [0.3, 0.4) is 0 Å². The van der Waals surface area contributed by atoms with E-state index in [1.807, 2.05) is 13.8 Å². The molecule has 0 N–H and O–H groups in total. The van der Waals surface area contributed by atoms with E-state index in [9.17, 15) is 4.39 Å². The number of hydrogen-bond donors (Lipinski definition) is 0. The van der Waals surface area contributed by atoms with Crippen molar-refractivity contribution in [1.82, 2.24) is 9.97 Å². The molecule has 0 bridgehead atoms. The summed E-state index contributed by atoms with van der Waals surface area (Å²) < 4.78 is 12.6. The summed E-state index contributed by atoms with van der Waals surface area (Å²) in [4.78, 5) is 7.62. The molecule has 1 rings (SSSR count). The average molecular weight is 154 g/mol. The smallest absolute Gasteiger partial charge is 0.216 e. The molecule has 0 aromatic carbocycles. The van der Waals surface area contributed by atoms with Gasteiger partial charge in [-0.3, -0.25) is 0 Å². The van der Waals surface area contributed by atoms with Crippen LogP contribution < -0.4 is 0 Å². The highest BCUT2D eigenvalue weighted by Crippen LogP contribution is 2.11. The molecule has 1 aromatic heterocycles. The Bertz CT molecular complexity index is 238. The van der Waals surface area contributed by atoms with Crippen molar-refractivity contribution < 1.29 is 4.39 Å². The number of hydrogen-bond acceptors (Lipinski definition) is 2. The summed E-state index contributed by atoms with van der Waals surface area (Å²) >= 11 is 0.